The van der Waals surface area contributed by atoms with Crippen molar-refractivity contribution in [3.05, 3.63) is 65.8 Å². The minimum Gasteiger partial charge on any atom is -0.306 e. The molecular weight excluding hydrogens is 517 g/mol. The predicted molar refractivity (Wildman–Crippen MR) is 146 cm³/mol. The third-order valence-corrected chi connectivity index (χ3v) is 9.18. The van der Waals surface area contributed by atoms with E-state index in [0.717, 1.165) is 38.6 Å². The van der Waals surface area contributed by atoms with Gasteiger partial charge in [-0.25, -0.2) is 9.97 Å². The average molecular weight is 539 g/mol. The van der Waals surface area contributed by atoms with Gasteiger partial charge < -0.3 is 9.88 Å². The lowest BCUT2D eigenvalue weighted by Gasteiger charge is -2.11. The number of benzene rings is 2. The van der Waals surface area contributed by atoms with Crippen LogP contribution in [0.15, 0.2) is 69.5 Å². The molecule has 1 N–H and O–H groups in total. The number of thiazole rings is 2. The highest BCUT2D eigenvalue weighted by molar-refractivity contribution is 8.00. The highest BCUT2D eigenvalue weighted by atomic mass is 32.2. The highest BCUT2D eigenvalue weighted by Crippen LogP contribution is 2.32. The molecule has 0 fully saturated rings. The number of hydrogen-bond donors (Lipinski definition) is 1. The molecule has 0 aliphatic rings. The van der Waals surface area contributed by atoms with Gasteiger partial charge in [0.15, 0.2) is 14.6 Å². The highest BCUT2D eigenvalue weighted by Gasteiger charge is 2.21. The third kappa shape index (κ3) is 5.58. The molecule has 0 spiro atoms. The van der Waals surface area contributed by atoms with E-state index in [-0.39, 0.29) is 11.2 Å². The predicted octanol–water partition coefficient (Wildman–Crippen LogP) is 6.44. The van der Waals surface area contributed by atoms with Gasteiger partial charge in [0.1, 0.15) is 5.82 Å². The second kappa shape index (κ2) is 10.9. The Morgan fingerprint density at radius 3 is 2.69 bits per heavy atom. The number of nitrogens with zero attached hydrogens (tertiary/aromatic N) is 5. The lowest BCUT2D eigenvalue weighted by Crippen LogP contribution is -2.23. The molecule has 3 aromatic heterocycles. The molecule has 0 saturated carbocycles. The number of aromatic nitrogens is 5. The first-order valence-electron chi connectivity index (χ1n) is 11.0. The maximum Gasteiger partial charge on any atom is 0.239 e. The van der Waals surface area contributed by atoms with Crippen molar-refractivity contribution in [2.24, 2.45) is 0 Å². The number of rotatable bonds is 9. The normalized spacial score (nSPS) is 12.2. The van der Waals surface area contributed by atoms with Crippen molar-refractivity contribution >= 4 is 67.5 Å². The fourth-order valence-electron chi connectivity index (χ4n) is 3.36. The van der Waals surface area contributed by atoms with Crippen molar-refractivity contribution in [3.63, 3.8) is 0 Å². The topological polar surface area (TPSA) is 85.6 Å². The molecule has 2 aromatic carbocycles. The van der Waals surface area contributed by atoms with E-state index in [0.29, 0.717) is 10.9 Å². The third-order valence-electron chi connectivity index (χ3n) is 5.16. The van der Waals surface area contributed by atoms with Crippen LogP contribution in [0, 0.1) is 0 Å². The zero-order valence-electron chi connectivity index (χ0n) is 19.0. The molecule has 5 rings (SSSR count). The van der Waals surface area contributed by atoms with Crippen LogP contribution in [0.2, 0.25) is 0 Å². The molecule has 0 saturated heterocycles. The molecule has 35 heavy (non-hydrogen) atoms. The standard InChI is InChI=1S/C24H22N6OS4/c1-3-30-20(14-33-24-26-17-11-7-8-12-19(17)35-24)28-29-23(30)34-15(2)21(31)27-22-25-18(13-32-22)16-9-5-4-6-10-16/h4-13,15H,3,14H2,1-2H3,(H,25,27,31). The van der Waals surface area contributed by atoms with Crippen LogP contribution in [-0.2, 0) is 17.1 Å². The van der Waals surface area contributed by atoms with Gasteiger partial charge in [-0.05, 0) is 26.0 Å². The van der Waals surface area contributed by atoms with E-state index in [9.17, 15) is 4.79 Å². The monoisotopic (exact) mass is 538 g/mol. The first-order chi connectivity index (χ1) is 17.1. The quantitative estimate of drug-likeness (QED) is 0.216. The SMILES string of the molecule is CCn1c(CSc2nc3ccccc3s2)nnc1SC(C)C(=O)Nc1nc(-c2ccccc2)cs1. The van der Waals surface area contributed by atoms with E-state index in [2.05, 4.69) is 43.0 Å². The van der Waals surface area contributed by atoms with Gasteiger partial charge in [0.05, 0.1) is 26.9 Å². The fraction of sp³-hybridized carbons (Fsp3) is 0.208. The van der Waals surface area contributed by atoms with Crippen LogP contribution in [-0.4, -0.2) is 35.9 Å². The second-order valence-corrected chi connectivity index (χ2v) is 12.0. The van der Waals surface area contributed by atoms with Crippen LogP contribution < -0.4 is 5.32 Å². The summed E-state index contributed by atoms with van der Waals surface area (Å²) in [5.74, 6) is 1.43. The Labute approximate surface area is 219 Å². The van der Waals surface area contributed by atoms with Crippen LogP contribution in [0.3, 0.4) is 0 Å². The summed E-state index contributed by atoms with van der Waals surface area (Å²) in [6.45, 7) is 4.66. The Kier molecular flexibility index (Phi) is 7.47. The van der Waals surface area contributed by atoms with Crippen LogP contribution in [0.25, 0.3) is 21.5 Å². The minimum atomic E-state index is -0.349. The molecule has 1 atom stereocenters. The largest absolute Gasteiger partial charge is 0.306 e. The molecule has 7 nitrogen and oxygen atoms in total. The number of hydrogen-bond acceptors (Lipinski definition) is 9. The Bertz CT molecular complexity index is 1410. The van der Waals surface area contributed by atoms with E-state index in [4.69, 9.17) is 0 Å². The van der Waals surface area contributed by atoms with Crippen molar-refractivity contribution in [3.8, 4) is 11.3 Å². The van der Waals surface area contributed by atoms with Gasteiger partial charge in [-0.2, -0.15) is 0 Å². The average Bonchev–Trinajstić information content (AvgIpc) is 3.61. The van der Waals surface area contributed by atoms with E-state index in [1.165, 1.54) is 27.8 Å². The maximum absolute atomic E-state index is 12.8. The molecule has 1 amide bonds. The summed E-state index contributed by atoms with van der Waals surface area (Å²) in [4.78, 5) is 22.1. The van der Waals surface area contributed by atoms with Crippen LogP contribution in [0.1, 0.15) is 19.7 Å². The number of nitrogens with one attached hydrogen (secondary N) is 1. The number of carbonyl (C=O) groups excluding carboxylic acids is 1. The molecule has 11 heteroatoms. The van der Waals surface area contributed by atoms with Gasteiger partial charge in [0.2, 0.25) is 5.91 Å². The van der Waals surface area contributed by atoms with Crippen LogP contribution in [0.4, 0.5) is 5.13 Å². The first-order valence-corrected chi connectivity index (χ1v) is 14.6. The van der Waals surface area contributed by atoms with Gasteiger partial charge in [0, 0.05) is 17.5 Å². The molecule has 0 radical (unpaired) electrons. The van der Waals surface area contributed by atoms with E-state index in [1.54, 1.807) is 23.1 Å². The van der Waals surface area contributed by atoms with E-state index >= 15 is 0 Å². The molecule has 0 bridgehead atoms. The smallest absolute Gasteiger partial charge is 0.239 e. The molecule has 0 aliphatic heterocycles. The summed E-state index contributed by atoms with van der Waals surface area (Å²) in [5, 5.41) is 14.6. The molecular formula is C24H22N6OS4. The second-order valence-electron chi connectivity index (χ2n) is 7.53. The van der Waals surface area contributed by atoms with Gasteiger partial charge in [-0.3, -0.25) is 4.79 Å². The van der Waals surface area contributed by atoms with E-state index < -0.39 is 0 Å². The fourth-order valence-corrected chi connectivity index (χ4v) is 7.02. The Balaban J connectivity index is 1.21. The first kappa shape index (κ1) is 24.0. The maximum atomic E-state index is 12.8. The number of para-hydroxylation sites is 1. The van der Waals surface area contributed by atoms with Crippen molar-refractivity contribution in [2.75, 3.05) is 5.32 Å². The lowest BCUT2D eigenvalue weighted by atomic mass is 10.2. The van der Waals surface area contributed by atoms with Crippen molar-refractivity contribution < 1.29 is 4.79 Å². The summed E-state index contributed by atoms with van der Waals surface area (Å²) >= 11 is 6.17. The van der Waals surface area contributed by atoms with Crippen LogP contribution in [0.5, 0.6) is 0 Å². The molecule has 1 unspecified atom stereocenters. The van der Waals surface area contributed by atoms with Crippen LogP contribution >= 0.6 is 46.2 Å². The van der Waals surface area contributed by atoms with Gasteiger partial charge in [-0.1, -0.05) is 66.0 Å². The zero-order valence-corrected chi connectivity index (χ0v) is 22.3. The minimum absolute atomic E-state index is 0.111. The summed E-state index contributed by atoms with van der Waals surface area (Å²) in [6.07, 6.45) is 0. The lowest BCUT2D eigenvalue weighted by molar-refractivity contribution is -0.115. The number of thioether (sulfide) groups is 2. The van der Waals surface area contributed by atoms with Gasteiger partial charge >= 0.3 is 0 Å². The van der Waals surface area contributed by atoms with Gasteiger partial charge in [-0.15, -0.1) is 32.9 Å². The molecule has 5 aromatic rings. The number of carbonyl (C=O) groups is 1. The molecule has 0 aliphatic carbocycles. The summed E-state index contributed by atoms with van der Waals surface area (Å²) < 4.78 is 4.25. The van der Waals surface area contributed by atoms with Crippen molar-refractivity contribution in [1.82, 2.24) is 24.7 Å². The zero-order chi connectivity index (χ0) is 24.2. The van der Waals surface area contributed by atoms with E-state index in [1.807, 2.05) is 60.8 Å². The summed E-state index contributed by atoms with van der Waals surface area (Å²) in [7, 11) is 0. The number of anilines is 1. The summed E-state index contributed by atoms with van der Waals surface area (Å²) in [6, 6.07) is 18.1. The Morgan fingerprint density at radius 1 is 1.09 bits per heavy atom. The summed E-state index contributed by atoms with van der Waals surface area (Å²) in [5.41, 5.74) is 2.90. The molecule has 178 valence electrons. The van der Waals surface area contributed by atoms with Crippen molar-refractivity contribution in [1.29, 1.82) is 0 Å². The Morgan fingerprint density at radius 2 is 1.89 bits per heavy atom. The number of amides is 1. The number of fused-ring (bicyclic) bond motifs is 1. The Hall–Kier alpha value is -2.73. The molecule has 3 heterocycles. The van der Waals surface area contributed by atoms with Gasteiger partial charge in [0.25, 0.3) is 0 Å². The van der Waals surface area contributed by atoms with Crippen molar-refractivity contribution in [2.45, 2.75) is 40.9 Å².